The van der Waals surface area contributed by atoms with Crippen molar-refractivity contribution in [1.29, 1.82) is 5.26 Å². The monoisotopic (exact) mass is 388 g/mol. The number of para-hydroxylation sites is 1. The molecule has 0 saturated heterocycles. The van der Waals surface area contributed by atoms with Crippen LogP contribution in [0.5, 0.6) is 5.75 Å². The van der Waals surface area contributed by atoms with Crippen LogP contribution in [0.25, 0.3) is 0 Å². The van der Waals surface area contributed by atoms with Crippen LogP contribution in [0.4, 0.5) is 0 Å². The van der Waals surface area contributed by atoms with Crippen molar-refractivity contribution in [3.63, 3.8) is 0 Å². The highest BCUT2D eigenvalue weighted by Gasteiger charge is 2.24. The summed E-state index contributed by atoms with van der Waals surface area (Å²) in [6.07, 6.45) is 0. The Morgan fingerprint density at radius 2 is 1.59 bits per heavy atom. The highest BCUT2D eigenvalue weighted by atomic mass is 32.2. The van der Waals surface area contributed by atoms with Gasteiger partial charge >= 0.3 is 0 Å². The maximum Gasteiger partial charge on any atom is 0.243 e. The zero-order valence-electron chi connectivity index (χ0n) is 15.8. The molecule has 2 rings (SSSR count). The molecule has 0 radical (unpaired) electrons. The summed E-state index contributed by atoms with van der Waals surface area (Å²) in [7, 11) is -2.18. The van der Waals surface area contributed by atoms with Gasteiger partial charge in [0.2, 0.25) is 10.0 Å². The summed E-state index contributed by atoms with van der Waals surface area (Å²) in [5, 5.41) is 8.88. The number of hydrogen-bond donors (Lipinski definition) is 0. The molecule has 0 atom stereocenters. The lowest BCUT2D eigenvalue weighted by Crippen LogP contribution is -2.37. The van der Waals surface area contributed by atoms with E-state index in [0.29, 0.717) is 5.56 Å². The molecule has 0 unspecified atom stereocenters. The Bertz CT molecular complexity index is 882. The summed E-state index contributed by atoms with van der Waals surface area (Å²) in [5.74, 6) is 0.778. The van der Waals surface area contributed by atoms with Crippen molar-refractivity contribution >= 4 is 10.0 Å². The van der Waals surface area contributed by atoms with Crippen LogP contribution in [0.2, 0.25) is 0 Å². The van der Waals surface area contributed by atoms with Crippen LogP contribution in [0.15, 0.2) is 47.4 Å². The van der Waals surface area contributed by atoms with Crippen LogP contribution in [0.1, 0.15) is 16.7 Å². The molecule has 0 fully saturated rings. The largest absolute Gasteiger partial charge is 0.492 e. The second kappa shape index (κ2) is 9.51. The van der Waals surface area contributed by atoms with Crippen molar-refractivity contribution in [2.24, 2.45) is 0 Å². The smallest absolute Gasteiger partial charge is 0.243 e. The SMILES string of the molecule is COCCN(CCOc1c(C)cccc1C)S(=O)(=O)c1ccc(C#N)cc1. The topological polar surface area (TPSA) is 79.6 Å². The van der Waals surface area contributed by atoms with Gasteiger partial charge in [0.25, 0.3) is 0 Å². The predicted molar refractivity (Wildman–Crippen MR) is 103 cm³/mol. The van der Waals surface area contributed by atoms with E-state index >= 15 is 0 Å². The van der Waals surface area contributed by atoms with E-state index in [4.69, 9.17) is 14.7 Å². The molecular weight excluding hydrogens is 364 g/mol. The van der Waals surface area contributed by atoms with Gasteiger partial charge in [-0.15, -0.1) is 0 Å². The first-order valence-electron chi connectivity index (χ1n) is 8.58. The third kappa shape index (κ3) is 5.30. The lowest BCUT2D eigenvalue weighted by molar-refractivity contribution is 0.171. The van der Waals surface area contributed by atoms with Crippen molar-refractivity contribution < 1.29 is 17.9 Å². The summed E-state index contributed by atoms with van der Waals surface area (Å²) in [5.41, 5.74) is 2.43. The van der Waals surface area contributed by atoms with Crippen LogP contribution in [-0.2, 0) is 14.8 Å². The molecule has 0 aromatic heterocycles. The number of sulfonamides is 1. The Labute approximate surface area is 161 Å². The molecule has 0 aliphatic carbocycles. The molecule has 2 aromatic carbocycles. The Morgan fingerprint density at radius 3 is 2.15 bits per heavy atom. The van der Waals surface area contributed by atoms with Gasteiger partial charge in [0.05, 0.1) is 23.1 Å². The van der Waals surface area contributed by atoms with Gasteiger partial charge in [-0.3, -0.25) is 0 Å². The lowest BCUT2D eigenvalue weighted by Gasteiger charge is -2.22. The van der Waals surface area contributed by atoms with Crippen LogP contribution in [-0.4, -0.2) is 46.1 Å². The van der Waals surface area contributed by atoms with Gasteiger partial charge in [0.15, 0.2) is 0 Å². The number of nitrogens with zero attached hydrogens (tertiary/aromatic N) is 2. The fourth-order valence-corrected chi connectivity index (χ4v) is 4.08. The maximum absolute atomic E-state index is 12.9. The quantitative estimate of drug-likeness (QED) is 0.660. The molecule has 27 heavy (non-hydrogen) atoms. The van der Waals surface area contributed by atoms with Crippen molar-refractivity contribution in [3.8, 4) is 11.8 Å². The minimum absolute atomic E-state index is 0.143. The number of hydrogen-bond acceptors (Lipinski definition) is 5. The normalized spacial score (nSPS) is 11.4. The molecule has 0 heterocycles. The second-order valence-electron chi connectivity index (χ2n) is 6.10. The minimum Gasteiger partial charge on any atom is -0.492 e. The molecule has 0 aliphatic heterocycles. The van der Waals surface area contributed by atoms with E-state index in [1.54, 1.807) is 0 Å². The number of benzene rings is 2. The number of aryl methyl sites for hydroxylation is 2. The molecule has 144 valence electrons. The molecule has 0 bridgehead atoms. The third-order valence-corrected chi connectivity index (χ3v) is 6.07. The fourth-order valence-electron chi connectivity index (χ4n) is 2.67. The van der Waals surface area contributed by atoms with Gasteiger partial charge < -0.3 is 9.47 Å². The van der Waals surface area contributed by atoms with Crippen molar-refractivity contribution in [2.75, 3.05) is 33.4 Å². The average Bonchev–Trinajstić information content (AvgIpc) is 2.66. The molecule has 2 aromatic rings. The van der Waals surface area contributed by atoms with E-state index in [1.165, 1.54) is 35.7 Å². The highest BCUT2D eigenvalue weighted by Crippen LogP contribution is 2.22. The Balaban J connectivity index is 2.15. The molecule has 0 amide bonds. The molecule has 7 heteroatoms. The van der Waals surface area contributed by atoms with Gasteiger partial charge in [-0.2, -0.15) is 9.57 Å². The summed E-state index contributed by atoms with van der Waals surface area (Å²) >= 11 is 0. The average molecular weight is 388 g/mol. The summed E-state index contributed by atoms with van der Waals surface area (Å²) in [6, 6.07) is 13.7. The van der Waals surface area contributed by atoms with Crippen LogP contribution < -0.4 is 4.74 Å². The first-order valence-corrected chi connectivity index (χ1v) is 10.0. The first-order chi connectivity index (χ1) is 12.9. The van der Waals surface area contributed by atoms with Gasteiger partial charge in [-0.1, -0.05) is 18.2 Å². The van der Waals surface area contributed by atoms with Crippen molar-refractivity contribution in [2.45, 2.75) is 18.7 Å². The van der Waals surface area contributed by atoms with E-state index in [0.717, 1.165) is 16.9 Å². The number of methoxy groups -OCH3 is 1. The molecule has 6 nitrogen and oxygen atoms in total. The Morgan fingerprint density at radius 1 is 1.00 bits per heavy atom. The second-order valence-corrected chi connectivity index (χ2v) is 8.04. The number of rotatable bonds is 9. The molecule has 0 aliphatic rings. The Hall–Kier alpha value is -2.40. The summed E-state index contributed by atoms with van der Waals surface area (Å²) in [6.45, 7) is 4.83. The zero-order chi connectivity index (χ0) is 19.9. The van der Waals surface area contributed by atoms with Crippen molar-refractivity contribution in [1.82, 2.24) is 4.31 Å². The third-order valence-electron chi connectivity index (χ3n) is 4.16. The molecule has 0 saturated carbocycles. The lowest BCUT2D eigenvalue weighted by atomic mass is 10.1. The molecule has 0 spiro atoms. The maximum atomic E-state index is 12.9. The van der Waals surface area contributed by atoms with E-state index in [1.807, 2.05) is 38.1 Å². The summed E-state index contributed by atoms with van der Waals surface area (Å²) in [4.78, 5) is 0.143. The minimum atomic E-state index is -3.71. The highest BCUT2D eigenvalue weighted by molar-refractivity contribution is 7.89. The van der Waals surface area contributed by atoms with Crippen LogP contribution >= 0.6 is 0 Å². The van der Waals surface area contributed by atoms with Crippen LogP contribution in [0.3, 0.4) is 0 Å². The first kappa shape index (κ1) is 20.9. The Kier molecular flexibility index (Phi) is 7.36. The van der Waals surface area contributed by atoms with Crippen LogP contribution in [0, 0.1) is 25.2 Å². The van der Waals surface area contributed by atoms with Gasteiger partial charge in [0.1, 0.15) is 12.4 Å². The van der Waals surface area contributed by atoms with E-state index in [2.05, 4.69) is 0 Å². The standard InChI is InChI=1S/C20H24N2O4S/c1-16-5-4-6-17(2)20(16)26-14-12-22(11-13-25-3)27(23,24)19-9-7-18(15-21)8-10-19/h4-10H,11-14H2,1-3H3. The van der Waals surface area contributed by atoms with Gasteiger partial charge in [-0.25, -0.2) is 8.42 Å². The fraction of sp³-hybridized carbons (Fsp3) is 0.350. The summed E-state index contributed by atoms with van der Waals surface area (Å²) < 4.78 is 38.1. The number of ether oxygens (including phenoxy) is 2. The van der Waals surface area contributed by atoms with Gasteiger partial charge in [-0.05, 0) is 49.2 Å². The molecule has 0 N–H and O–H groups in total. The van der Waals surface area contributed by atoms with E-state index in [-0.39, 0.29) is 31.2 Å². The zero-order valence-corrected chi connectivity index (χ0v) is 16.6. The molecular formula is C20H24N2O4S. The van der Waals surface area contributed by atoms with Gasteiger partial charge in [0, 0.05) is 20.2 Å². The number of nitriles is 1. The predicted octanol–water partition coefficient (Wildman–Crippen LogP) is 2.89. The van der Waals surface area contributed by atoms with E-state index < -0.39 is 10.0 Å². The van der Waals surface area contributed by atoms with E-state index in [9.17, 15) is 8.42 Å². The van der Waals surface area contributed by atoms with Crippen molar-refractivity contribution in [3.05, 3.63) is 59.2 Å².